The largest absolute Gasteiger partial charge is 0.507 e. The van der Waals surface area contributed by atoms with Gasteiger partial charge in [0.15, 0.2) is 0 Å². The summed E-state index contributed by atoms with van der Waals surface area (Å²) in [6, 6.07) is 6.01. The van der Waals surface area contributed by atoms with Crippen molar-refractivity contribution in [1.82, 2.24) is 20.8 Å². The molecule has 0 bridgehead atoms. The van der Waals surface area contributed by atoms with Gasteiger partial charge in [-0.2, -0.15) is 0 Å². The number of hydrogen-bond acceptors (Lipinski definition) is 4. The number of aromatic amines is 1. The average Bonchev–Trinajstić information content (AvgIpc) is 2.90. The van der Waals surface area contributed by atoms with E-state index >= 15 is 0 Å². The predicted octanol–water partition coefficient (Wildman–Crippen LogP) is 0.190. The molecule has 0 saturated carbocycles. The molecule has 1 aromatic carbocycles. The van der Waals surface area contributed by atoms with E-state index in [4.69, 9.17) is 0 Å². The number of aromatic nitrogens is 2. The molecule has 0 atom stereocenters. The smallest absolute Gasteiger partial charge is 0.287 e. The molecule has 92 valence electrons. The number of rotatable bonds is 2. The molecular formula is C11H10N4O3. The van der Waals surface area contributed by atoms with Gasteiger partial charge in [-0.3, -0.25) is 20.4 Å². The van der Waals surface area contributed by atoms with Crippen molar-refractivity contribution in [2.75, 3.05) is 0 Å². The van der Waals surface area contributed by atoms with E-state index in [0.717, 1.165) is 0 Å². The molecule has 7 heteroatoms. The standard InChI is InChI=1S/C11H10N4O3/c16-9-4-2-1-3-7(9)10(17)14-15-11(18)8-5-12-6-13-8/h1-6,16H,(H,12,13)(H,14,17)(H,15,18). The van der Waals surface area contributed by atoms with Crippen molar-refractivity contribution in [2.24, 2.45) is 0 Å². The summed E-state index contributed by atoms with van der Waals surface area (Å²) in [5.41, 5.74) is 4.66. The Hall–Kier alpha value is -2.83. The van der Waals surface area contributed by atoms with Crippen LogP contribution in [0.15, 0.2) is 36.8 Å². The lowest BCUT2D eigenvalue weighted by Gasteiger charge is -2.07. The minimum atomic E-state index is -0.610. The fourth-order valence-electron chi connectivity index (χ4n) is 1.29. The van der Waals surface area contributed by atoms with Crippen LogP contribution < -0.4 is 10.9 Å². The number of hydrazine groups is 1. The second-order valence-electron chi connectivity index (χ2n) is 3.39. The van der Waals surface area contributed by atoms with Crippen molar-refractivity contribution in [3.63, 3.8) is 0 Å². The first-order chi connectivity index (χ1) is 8.68. The summed E-state index contributed by atoms with van der Waals surface area (Å²) < 4.78 is 0. The van der Waals surface area contributed by atoms with E-state index in [1.54, 1.807) is 12.1 Å². The Balaban J connectivity index is 1.97. The number of H-pyrrole nitrogens is 1. The number of imidazole rings is 1. The van der Waals surface area contributed by atoms with Gasteiger partial charge in [-0.15, -0.1) is 0 Å². The monoisotopic (exact) mass is 246 g/mol. The van der Waals surface area contributed by atoms with Crippen molar-refractivity contribution >= 4 is 11.8 Å². The van der Waals surface area contributed by atoms with Gasteiger partial charge in [0.2, 0.25) is 0 Å². The van der Waals surface area contributed by atoms with Gasteiger partial charge in [-0.25, -0.2) is 4.98 Å². The number of nitrogens with zero attached hydrogens (tertiary/aromatic N) is 1. The molecule has 1 aromatic heterocycles. The van der Waals surface area contributed by atoms with E-state index in [9.17, 15) is 14.7 Å². The van der Waals surface area contributed by atoms with E-state index in [-0.39, 0.29) is 17.0 Å². The normalized spacial score (nSPS) is 9.78. The van der Waals surface area contributed by atoms with Gasteiger partial charge in [0.05, 0.1) is 18.1 Å². The summed E-state index contributed by atoms with van der Waals surface area (Å²) in [4.78, 5) is 29.4. The predicted molar refractivity (Wildman–Crippen MR) is 61.6 cm³/mol. The molecule has 7 nitrogen and oxygen atoms in total. The number of para-hydroxylation sites is 1. The van der Waals surface area contributed by atoms with Crippen LogP contribution in [0.2, 0.25) is 0 Å². The maximum absolute atomic E-state index is 11.6. The SMILES string of the molecule is O=C(NNC(=O)c1ccccc1O)c1cnc[nH]1. The van der Waals surface area contributed by atoms with Crippen LogP contribution in [0.5, 0.6) is 5.75 Å². The third kappa shape index (κ3) is 2.46. The maximum atomic E-state index is 11.6. The zero-order valence-corrected chi connectivity index (χ0v) is 9.18. The molecule has 0 fully saturated rings. The molecule has 2 aromatic rings. The Kier molecular flexibility index (Phi) is 3.24. The van der Waals surface area contributed by atoms with Crippen LogP contribution in [-0.2, 0) is 0 Å². The Bertz CT molecular complexity index is 565. The third-order valence-corrected chi connectivity index (χ3v) is 2.18. The van der Waals surface area contributed by atoms with Gasteiger partial charge in [0.1, 0.15) is 11.4 Å². The highest BCUT2D eigenvalue weighted by Crippen LogP contribution is 2.14. The molecule has 0 aliphatic heterocycles. The van der Waals surface area contributed by atoms with E-state index in [0.29, 0.717) is 0 Å². The highest BCUT2D eigenvalue weighted by Gasteiger charge is 2.12. The van der Waals surface area contributed by atoms with Crippen molar-refractivity contribution in [3.8, 4) is 5.75 Å². The molecule has 1 heterocycles. The molecule has 0 unspecified atom stereocenters. The summed E-state index contributed by atoms with van der Waals surface area (Å²) in [6.45, 7) is 0. The number of hydrogen-bond donors (Lipinski definition) is 4. The van der Waals surface area contributed by atoms with Crippen LogP contribution in [0.1, 0.15) is 20.8 Å². The zero-order valence-electron chi connectivity index (χ0n) is 9.18. The fraction of sp³-hybridized carbons (Fsp3) is 0. The van der Waals surface area contributed by atoms with Gasteiger partial charge in [0.25, 0.3) is 11.8 Å². The number of phenols is 1. The second kappa shape index (κ2) is 5.00. The molecule has 0 aliphatic carbocycles. The lowest BCUT2D eigenvalue weighted by Crippen LogP contribution is -2.41. The summed E-state index contributed by atoms with van der Waals surface area (Å²) in [5.74, 6) is -1.30. The summed E-state index contributed by atoms with van der Waals surface area (Å²) in [5, 5.41) is 9.44. The number of carbonyl (C=O) groups is 2. The number of benzene rings is 1. The summed E-state index contributed by atoms with van der Waals surface area (Å²) in [7, 11) is 0. The summed E-state index contributed by atoms with van der Waals surface area (Å²) >= 11 is 0. The first kappa shape index (κ1) is 11.6. The molecule has 0 aliphatic rings. The Morgan fingerprint density at radius 2 is 1.89 bits per heavy atom. The fourth-order valence-corrected chi connectivity index (χ4v) is 1.29. The number of amides is 2. The molecule has 0 spiro atoms. The van der Waals surface area contributed by atoms with Gasteiger partial charge in [0, 0.05) is 0 Å². The van der Waals surface area contributed by atoms with Crippen LogP contribution in [0.3, 0.4) is 0 Å². The molecule has 4 N–H and O–H groups in total. The Labute approximate surface area is 102 Å². The topological polar surface area (TPSA) is 107 Å². The molecule has 2 rings (SSSR count). The number of aromatic hydroxyl groups is 1. The molecule has 2 amide bonds. The van der Waals surface area contributed by atoms with Crippen molar-refractivity contribution < 1.29 is 14.7 Å². The lowest BCUT2D eigenvalue weighted by molar-refractivity contribution is 0.0842. The highest BCUT2D eigenvalue weighted by atomic mass is 16.3. The molecular weight excluding hydrogens is 236 g/mol. The third-order valence-electron chi connectivity index (χ3n) is 2.18. The van der Waals surface area contributed by atoms with Gasteiger partial charge >= 0.3 is 0 Å². The minimum Gasteiger partial charge on any atom is -0.507 e. The first-order valence-corrected chi connectivity index (χ1v) is 5.05. The van der Waals surface area contributed by atoms with Gasteiger partial charge < -0.3 is 10.1 Å². The maximum Gasteiger partial charge on any atom is 0.287 e. The van der Waals surface area contributed by atoms with Crippen LogP contribution in [0.25, 0.3) is 0 Å². The van der Waals surface area contributed by atoms with Crippen molar-refractivity contribution in [2.45, 2.75) is 0 Å². The van der Waals surface area contributed by atoms with Crippen LogP contribution >= 0.6 is 0 Å². The Morgan fingerprint density at radius 3 is 2.56 bits per heavy atom. The van der Waals surface area contributed by atoms with E-state index in [1.807, 2.05) is 0 Å². The number of nitrogens with one attached hydrogen (secondary N) is 3. The molecule has 0 radical (unpaired) electrons. The highest BCUT2D eigenvalue weighted by molar-refractivity contribution is 5.99. The molecule has 0 saturated heterocycles. The van der Waals surface area contributed by atoms with E-state index in [2.05, 4.69) is 20.8 Å². The Morgan fingerprint density at radius 1 is 1.17 bits per heavy atom. The quantitative estimate of drug-likeness (QED) is 0.567. The zero-order chi connectivity index (χ0) is 13.0. The van der Waals surface area contributed by atoms with Crippen LogP contribution in [0.4, 0.5) is 0 Å². The number of phenolic OH excluding ortho intramolecular Hbond substituents is 1. The van der Waals surface area contributed by atoms with Crippen molar-refractivity contribution in [3.05, 3.63) is 48.0 Å². The van der Waals surface area contributed by atoms with Crippen LogP contribution in [-0.4, -0.2) is 26.9 Å². The van der Waals surface area contributed by atoms with Gasteiger partial charge in [-0.05, 0) is 12.1 Å². The van der Waals surface area contributed by atoms with Crippen molar-refractivity contribution in [1.29, 1.82) is 0 Å². The average molecular weight is 246 g/mol. The minimum absolute atomic E-state index is 0.0717. The number of carbonyl (C=O) groups excluding carboxylic acids is 2. The second-order valence-corrected chi connectivity index (χ2v) is 3.39. The van der Waals surface area contributed by atoms with E-state index < -0.39 is 11.8 Å². The van der Waals surface area contributed by atoms with Crippen LogP contribution in [0, 0.1) is 0 Å². The summed E-state index contributed by atoms with van der Waals surface area (Å²) in [6.07, 6.45) is 2.67. The molecule has 18 heavy (non-hydrogen) atoms. The van der Waals surface area contributed by atoms with E-state index in [1.165, 1.54) is 24.7 Å². The first-order valence-electron chi connectivity index (χ1n) is 5.05. The van der Waals surface area contributed by atoms with Gasteiger partial charge in [-0.1, -0.05) is 12.1 Å². The lowest BCUT2D eigenvalue weighted by atomic mass is 10.2.